The van der Waals surface area contributed by atoms with Gasteiger partial charge in [-0.15, -0.1) is 0 Å². The summed E-state index contributed by atoms with van der Waals surface area (Å²) in [6.07, 6.45) is 40.2. The van der Waals surface area contributed by atoms with Gasteiger partial charge in [-0.3, -0.25) is 0 Å². The number of rotatable bonds is 19. The van der Waals surface area contributed by atoms with Gasteiger partial charge in [0.2, 0.25) is 0 Å². The molecule has 1 aliphatic carbocycles. The Labute approximate surface area is 286 Å². The largest absolute Gasteiger partial charge is 0.392 e. The number of allylic oxidation sites excluding steroid dienone is 19. The fourth-order valence-electron chi connectivity index (χ4n) is 6.11. The highest BCUT2D eigenvalue weighted by atomic mass is 16.3. The lowest BCUT2D eigenvalue weighted by Crippen LogP contribution is -2.35. The van der Waals surface area contributed by atoms with Crippen molar-refractivity contribution in [1.82, 2.24) is 0 Å². The van der Waals surface area contributed by atoms with Crippen LogP contribution >= 0.6 is 0 Å². The van der Waals surface area contributed by atoms with Gasteiger partial charge in [-0.05, 0) is 130 Å². The molecule has 256 valence electrons. The van der Waals surface area contributed by atoms with Crippen molar-refractivity contribution in [3.63, 3.8) is 0 Å². The average molecular weight is 627 g/mol. The Hall–Kier alpha value is -2.64. The molecule has 0 bridgehead atoms. The van der Waals surface area contributed by atoms with E-state index in [1.54, 1.807) is 0 Å². The van der Waals surface area contributed by atoms with Gasteiger partial charge in [-0.25, -0.2) is 0 Å². The number of aliphatic hydroxyl groups excluding tert-OH is 1. The van der Waals surface area contributed by atoms with Crippen molar-refractivity contribution in [1.29, 1.82) is 0 Å². The fraction of sp³-hybridized carbons (Fsp3) is 0.556. The molecule has 1 heteroatoms. The molecule has 0 fully saturated rings. The van der Waals surface area contributed by atoms with E-state index in [-0.39, 0.29) is 12.0 Å². The molecule has 0 spiro atoms. The van der Waals surface area contributed by atoms with Crippen LogP contribution in [-0.4, -0.2) is 11.7 Å². The first-order chi connectivity index (χ1) is 21.8. The summed E-state index contributed by atoms with van der Waals surface area (Å²) >= 11 is 0. The normalized spacial score (nSPS) is 21.0. The van der Waals surface area contributed by atoms with Crippen LogP contribution in [0.15, 0.2) is 118 Å². The summed E-state index contributed by atoms with van der Waals surface area (Å²) in [5.74, 6) is 1.65. The standard InChI is InChI=1S/C45H70O/c1-35(2)18-14-21-38(5)24-16-26-39(6)25-15-22-36(3)19-12-13-20-37(4)23-17-27-40(7)29-33-44-42(9)30-32-43(45(44,10)11)31-28-41(8)34-46/h12-13,15,18-20,24-25,27-30,33,39,43-44,46H,14,16-17,21-23,26,31-32,34H2,1-11H3/b13-12+,25-15+,33-29+,36-19+,37-20+,38-24+,40-27+,41-28+. The Balaban J connectivity index is 2.50. The SMILES string of the molecule is CC(C)=CCC/C(C)=C/CCC(C)/C=C/C/C(C)=C/C=C/C=C(\C)CC/C=C(C)/C=C/C1C(C)=CCC(C/C=C(\C)CO)C1(C)C. The van der Waals surface area contributed by atoms with Crippen LogP contribution in [0.25, 0.3) is 0 Å². The van der Waals surface area contributed by atoms with Crippen LogP contribution in [0, 0.1) is 23.2 Å². The summed E-state index contributed by atoms with van der Waals surface area (Å²) in [6, 6.07) is 0. The summed E-state index contributed by atoms with van der Waals surface area (Å²) in [5.41, 5.74) is 9.81. The summed E-state index contributed by atoms with van der Waals surface area (Å²) in [5, 5.41) is 9.39. The third kappa shape index (κ3) is 17.9. The molecule has 0 saturated carbocycles. The van der Waals surface area contributed by atoms with Gasteiger partial charge < -0.3 is 5.11 Å². The smallest absolute Gasteiger partial charge is 0.0639 e. The van der Waals surface area contributed by atoms with Crippen molar-refractivity contribution >= 4 is 0 Å². The minimum atomic E-state index is 0.158. The fourth-order valence-corrected chi connectivity index (χ4v) is 6.11. The van der Waals surface area contributed by atoms with E-state index >= 15 is 0 Å². The third-order valence-corrected chi connectivity index (χ3v) is 9.61. The Bertz CT molecular complexity index is 1210. The van der Waals surface area contributed by atoms with Crippen LogP contribution in [0.3, 0.4) is 0 Å². The van der Waals surface area contributed by atoms with E-state index in [4.69, 9.17) is 0 Å². The van der Waals surface area contributed by atoms with Gasteiger partial charge in [-0.1, -0.05) is 139 Å². The van der Waals surface area contributed by atoms with Crippen molar-refractivity contribution in [2.45, 2.75) is 134 Å². The monoisotopic (exact) mass is 627 g/mol. The molecule has 1 aliphatic rings. The minimum Gasteiger partial charge on any atom is -0.392 e. The van der Waals surface area contributed by atoms with Crippen molar-refractivity contribution < 1.29 is 5.11 Å². The van der Waals surface area contributed by atoms with Gasteiger partial charge in [0.15, 0.2) is 0 Å². The summed E-state index contributed by atoms with van der Waals surface area (Å²) < 4.78 is 0. The molecule has 1 N–H and O–H groups in total. The van der Waals surface area contributed by atoms with Crippen LogP contribution in [-0.2, 0) is 0 Å². The first-order valence-electron chi connectivity index (χ1n) is 18.0. The molecule has 0 radical (unpaired) electrons. The average Bonchev–Trinajstić information content (AvgIpc) is 2.98. The second kappa shape index (κ2) is 22.8. The zero-order valence-electron chi connectivity index (χ0n) is 31.8. The topological polar surface area (TPSA) is 20.2 Å². The number of hydrogen-bond donors (Lipinski definition) is 1. The van der Waals surface area contributed by atoms with E-state index in [2.05, 4.69) is 148 Å². The molecular formula is C45H70O. The highest BCUT2D eigenvalue weighted by molar-refractivity contribution is 5.26. The van der Waals surface area contributed by atoms with E-state index in [0.717, 1.165) is 44.1 Å². The highest BCUT2D eigenvalue weighted by Crippen LogP contribution is 2.47. The first kappa shape index (κ1) is 41.4. The van der Waals surface area contributed by atoms with E-state index in [1.165, 1.54) is 52.7 Å². The Kier molecular flexibility index (Phi) is 20.5. The Morgan fingerprint density at radius 3 is 2.17 bits per heavy atom. The summed E-state index contributed by atoms with van der Waals surface area (Å²) in [7, 11) is 0. The minimum absolute atomic E-state index is 0.158. The molecular weight excluding hydrogens is 556 g/mol. The summed E-state index contributed by atoms with van der Waals surface area (Å²) in [6.45, 7) is 24.9. The molecule has 3 atom stereocenters. The molecule has 0 amide bonds. The second-order valence-corrected chi connectivity index (χ2v) is 14.9. The molecule has 1 rings (SSSR count). The maximum absolute atomic E-state index is 9.39. The Morgan fingerprint density at radius 1 is 0.848 bits per heavy atom. The van der Waals surface area contributed by atoms with Gasteiger partial charge >= 0.3 is 0 Å². The maximum atomic E-state index is 9.39. The van der Waals surface area contributed by atoms with E-state index in [9.17, 15) is 5.11 Å². The second-order valence-electron chi connectivity index (χ2n) is 14.9. The zero-order chi connectivity index (χ0) is 34.5. The lowest BCUT2D eigenvalue weighted by atomic mass is 9.61. The maximum Gasteiger partial charge on any atom is 0.0639 e. The van der Waals surface area contributed by atoms with Gasteiger partial charge in [0.05, 0.1) is 6.61 Å². The lowest BCUT2D eigenvalue weighted by Gasteiger charge is -2.43. The molecule has 0 aromatic heterocycles. The van der Waals surface area contributed by atoms with Crippen LogP contribution < -0.4 is 0 Å². The van der Waals surface area contributed by atoms with Gasteiger partial charge in [0.25, 0.3) is 0 Å². The highest BCUT2D eigenvalue weighted by Gasteiger charge is 2.38. The van der Waals surface area contributed by atoms with Crippen molar-refractivity contribution in [3.8, 4) is 0 Å². The molecule has 0 aromatic carbocycles. The molecule has 1 nitrogen and oxygen atoms in total. The third-order valence-electron chi connectivity index (χ3n) is 9.61. The van der Waals surface area contributed by atoms with Gasteiger partial charge in [-0.2, -0.15) is 0 Å². The summed E-state index contributed by atoms with van der Waals surface area (Å²) in [4.78, 5) is 0. The van der Waals surface area contributed by atoms with Crippen LogP contribution in [0.4, 0.5) is 0 Å². The zero-order valence-corrected chi connectivity index (χ0v) is 31.8. The molecule has 46 heavy (non-hydrogen) atoms. The Morgan fingerprint density at radius 2 is 1.50 bits per heavy atom. The molecule has 3 unspecified atom stereocenters. The molecule has 0 heterocycles. The van der Waals surface area contributed by atoms with E-state index in [1.807, 2.05) is 6.92 Å². The van der Waals surface area contributed by atoms with Crippen LogP contribution in [0.2, 0.25) is 0 Å². The van der Waals surface area contributed by atoms with Gasteiger partial charge in [0, 0.05) is 5.92 Å². The number of hydrogen-bond acceptors (Lipinski definition) is 1. The quantitative estimate of drug-likeness (QED) is 0.112. The van der Waals surface area contributed by atoms with E-state index in [0.29, 0.717) is 17.8 Å². The van der Waals surface area contributed by atoms with Crippen molar-refractivity contribution in [3.05, 3.63) is 118 Å². The van der Waals surface area contributed by atoms with Crippen LogP contribution in [0.1, 0.15) is 134 Å². The molecule has 0 aliphatic heterocycles. The van der Waals surface area contributed by atoms with E-state index < -0.39 is 0 Å². The van der Waals surface area contributed by atoms with Crippen molar-refractivity contribution in [2.75, 3.05) is 6.61 Å². The predicted octanol–water partition coefficient (Wildman–Crippen LogP) is 13.7. The lowest BCUT2D eigenvalue weighted by molar-refractivity contribution is 0.154. The predicted molar refractivity (Wildman–Crippen MR) is 208 cm³/mol. The first-order valence-corrected chi connectivity index (χ1v) is 18.0. The number of aliphatic hydroxyl groups is 1. The van der Waals surface area contributed by atoms with Gasteiger partial charge in [0.1, 0.15) is 0 Å². The molecule has 0 aromatic rings. The molecule has 0 saturated heterocycles. The van der Waals surface area contributed by atoms with Crippen LogP contribution in [0.5, 0.6) is 0 Å². The van der Waals surface area contributed by atoms with Crippen molar-refractivity contribution in [2.24, 2.45) is 23.2 Å².